The summed E-state index contributed by atoms with van der Waals surface area (Å²) in [7, 11) is 1.47. The number of nitrogen functional groups attached to an aromatic ring is 2. The van der Waals surface area contributed by atoms with Crippen molar-refractivity contribution >= 4 is 50.2 Å². The van der Waals surface area contributed by atoms with Crippen LogP contribution >= 0.6 is 22.7 Å². The van der Waals surface area contributed by atoms with Gasteiger partial charge in [-0.1, -0.05) is 10.7 Å². The zero-order chi connectivity index (χ0) is 19.3. The maximum Gasteiger partial charge on any atom is 0.438 e. The van der Waals surface area contributed by atoms with Crippen LogP contribution in [0.25, 0.3) is 20.7 Å². The molecule has 9 nitrogen and oxygen atoms in total. The number of H-pyrrole nitrogens is 1. The van der Waals surface area contributed by atoms with E-state index >= 15 is 0 Å². The summed E-state index contributed by atoms with van der Waals surface area (Å²) in [6.45, 7) is 0. The van der Waals surface area contributed by atoms with Gasteiger partial charge in [-0.15, -0.1) is 22.7 Å². The lowest BCUT2D eigenvalue weighted by atomic mass is 10.0. The molecule has 4 heterocycles. The molecule has 11 heteroatoms. The smallest absolute Gasteiger partial charge is 0.397 e. The number of thiophene rings is 2. The fraction of sp³-hybridized carbons (Fsp3) is 0.0625. The quantitative estimate of drug-likeness (QED) is 0.347. The SMILES string of the molecule is C[n+]1[nH]oc(=O)c1C(=O)c1sc2nc(N)c(C#N)c(-c3cccs3)c2c1N. The van der Waals surface area contributed by atoms with Gasteiger partial charge in [-0.2, -0.15) is 5.26 Å². The highest BCUT2D eigenvalue weighted by atomic mass is 32.1. The number of nitrogens with one attached hydrogen (secondary N) is 1. The molecule has 0 amide bonds. The van der Waals surface area contributed by atoms with Gasteiger partial charge in [0.2, 0.25) is 0 Å². The molecule has 0 saturated heterocycles. The van der Waals surface area contributed by atoms with Crippen LogP contribution in [0.5, 0.6) is 0 Å². The predicted octanol–water partition coefficient (Wildman–Crippen LogP) is 1.40. The van der Waals surface area contributed by atoms with Gasteiger partial charge in [0.1, 0.15) is 27.2 Å². The van der Waals surface area contributed by atoms with E-state index in [0.717, 1.165) is 16.2 Å². The third-order valence-electron chi connectivity index (χ3n) is 4.01. The van der Waals surface area contributed by atoms with Gasteiger partial charge in [-0.05, 0) is 16.7 Å². The molecular weight excluding hydrogens is 388 g/mol. The lowest BCUT2D eigenvalue weighted by Gasteiger charge is -2.07. The van der Waals surface area contributed by atoms with Gasteiger partial charge in [0.25, 0.3) is 5.78 Å². The number of aromatic amines is 1. The summed E-state index contributed by atoms with van der Waals surface area (Å²) in [5.41, 5.74) is 12.1. The first-order valence-electron chi connectivity index (χ1n) is 7.51. The summed E-state index contributed by atoms with van der Waals surface area (Å²) in [6, 6.07) is 5.73. The molecule has 27 heavy (non-hydrogen) atoms. The Kier molecular flexibility index (Phi) is 3.79. The van der Waals surface area contributed by atoms with Crippen LogP contribution in [-0.4, -0.2) is 16.0 Å². The van der Waals surface area contributed by atoms with Crippen LogP contribution in [0.15, 0.2) is 26.8 Å². The van der Waals surface area contributed by atoms with Crippen molar-refractivity contribution < 1.29 is 14.0 Å². The van der Waals surface area contributed by atoms with E-state index in [0.29, 0.717) is 15.8 Å². The minimum Gasteiger partial charge on any atom is -0.397 e. The molecule has 0 fully saturated rings. The van der Waals surface area contributed by atoms with Crippen LogP contribution in [-0.2, 0) is 7.05 Å². The number of pyridine rings is 1. The van der Waals surface area contributed by atoms with Crippen LogP contribution < -0.4 is 21.8 Å². The molecule has 0 unspecified atom stereocenters. The van der Waals surface area contributed by atoms with E-state index in [-0.39, 0.29) is 27.6 Å². The average Bonchev–Trinajstić information content (AvgIpc) is 3.34. The van der Waals surface area contributed by atoms with Gasteiger partial charge >= 0.3 is 11.3 Å². The molecule has 0 aliphatic rings. The number of fused-ring (bicyclic) bond motifs is 1. The molecular formula is C16H11N6O3S2+. The third-order valence-corrected chi connectivity index (χ3v) is 5.99. The Morgan fingerprint density at radius 3 is 2.81 bits per heavy atom. The highest BCUT2D eigenvalue weighted by Crippen LogP contribution is 2.44. The molecule has 5 N–H and O–H groups in total. The summed E-state index contributed by atoms with van der Waals surface area (Å²) in [5.74, 6) is -0.539. The van der Waals surface area contributed by atoms with Gasteiger partial charge in [-0.3, -0.25) is 9.32 Å². The van der Waals surface area contributed by atoms with E-state index < -0.39 is 11.4 Å². The number of rotatable bonds is 3. The first-order chi connectivity index (χ1) is 12.9. The van der Waals surface area contributed by atoms with Crippen LogP contribution in [0.1, 0.15) is 20.9 Å². The third kappa shape index (κ3) is 2.42. The average molecular weight is 399 g/mol. The molecule has 4 aromatic rings. The Balaban J connectivity index is 2.06. The largest absolute Gasteiger partial charge is 0.438 e. The molecule has 4 aromatic heterocycles. The number of aryl methyl sites for hydroxylation is 1. The molecule has 0 aliphatic carbocycles. The molecule has 0 radical (unpaired) electrons. The monoisotopic (exact) mass is 399 g/mol. The second kappa shape index (κ2) is 6.04. The summed E-state index contributed by atoms with van der Waals surface area (Å²) in [4.78, 5) is 30.3. The minimum absolute atomic E-state index is 0.0559. The molecule has 0 spiro atoms. The number of carbonyl (C=O) groups excluding carboxylic acids is 1. The first kappa shape index (κ1) is 17.0. The van der Waals surface area contributed by atoms with Crippen LogP contribution in [0.2, 0.25) is 0 Å². The topological polar surface area (TPSA) is 156 Å². The number of nitrogens with zero attached hydrogens (tertiary/aromatic N) is 3. The van der Waals surface area contributed by atoms with Crippen molar-refractivity contribution in [2.24, 2.45) is 7.05 Å². The van der Waals surface area contributed by atoms with Crippen LogP contribution in [0, 0.1) is 11.3 Å². The summed E-state index contributed by atoms with van der Waals surface area (Å²) < 4.78 is 5.82. The van der Waals surface area contributed by atoms with Crippen molar-refractivity contribution in [2.45, 2.75) is 0 Å². The second-order valence-electron chi connectivity index (χ2n) is 5.58. The van der Waals surface area contributed by atoms with Gasteiger partial charge < -0.3 is 11.5 Å². The normalized spacial score (nSPS) is 11.0. The summed E-state index contributed by atoms with van der Waals surface area (Å²) >= 11 is 2.43. The maximum atomic E-state index is 12.9. The molecule has 0 bridgehead atoms. The Hall–Kier alpha value is -3.49. The zero-order valence-electron chi connectivity index (χ0n) is 13.8. The number of anilines is 2. The number of hydrogen-bond acceptors (Lipinski definition) is 9. The number of hydrogen-bond donors (Lipinski definition) is 3. The van der Waals surface area contributed by atoms with E-state index in [1.807, 2.05) is 17.5 Å². The standard InChI is InChI=1S/C16H10N6O3S2/c1-22-11(16(24)25-21-22)12(23)13-10(18)9-8(7-3-2-4-26-7)6(5-17)14(19)20-15(9)27-13/h2-4H,1H3,(H4-,18,19,20,21,23,24)/p+1. The number of nitrogens with two attached hydrogens (primary N) is 2. The lowest BCUT2D eigenvalue weighted by Crippen LogP contribution is -2.39. The number of aromatic nitrogens is 3. The van der Waals surface area contributed by atoms with Gasteiger partial charge in [0, 0.05) is 15.8 Å². The summed E-state index contributed by atoms with van der Waals surface area (Å²) in [5, 5.41) is 14.2. The predicted molar refractivity (Wildman–Crippen MR) is 100 cm³/mol. The maximum absolute atomic E-state index is 12.9. The minimum atomic E-state index is -0.803. The highest BCUT2D eigenvalue weighted by molar-refractivity contribution is 7.21. The van der Waals surface area contributed by atoms with E-state index in [2.05, 4.69) is 20.8 Å². The van der Waals surface area contributed by atoms with Crippen molar-refractivity contribution in [3.05, 3.63) is 44.1 Å². The Morgan fingerprint density at radius 2 is 2.22 bits per heavy atom. The van der Waals surface area contributed by atoms with E-state index in [9.17, 15) is 14.9 Å². The van der Waals surface area contributed by atoms with Crippen molar-refractivity contribution in [2.75, 3.05) is 11.5 Å². The fourth-order valence-corrected chi connectivity index (χ4v) is 4.65. The number of nitriles is 1. The second-order valence-corrected chi connectivity index (χ2v) is 7.53. The van der Waals surface area contributed by atoms with Crippen molar-refractivity contribution in [1.82, 2.24) is 10.3 Å². The Bertz CT molecular complexity index is 1310. The van der Waals surface area contributed by atoms with Crippen LogP contribution in [0.3, 0.4) is 0 Å². The zero-order valence-corrected chi connectivity index (χ0v) is 15.4. The van der Waals surface area contributed by atoms with Crippen LogP contribution in [0.4, 0.5) is 11.5 Å². The van der Waals surface area contributed by atoms with E-state index in [1.54, 1.807) is 0 Å². The summed E-state index contributed by atoms with van der Waals surface area (Å²) in [6.07, 6.45) is 0. The Morgan fingerprint density at radius 1 is 1.44 bits per heavy atom. The number of carbonyl (C=O) groups is 1. The Labute approximate surface area is 159 Å². The number of ketones is 1. The van der Waals surface area contributed by atoms with Crippen molar-refractivity contribution in [3.63, 3.8) is 0 Å². The molecule has 4 rings (SSSR count). The fourth-order valence-electron chi connectivity index (χ4n) is 2.81. The van der Waals surface area contributed by atoms with Gasteiger partial charge in [0.15, 0.2) is 7.05 Å². The highest BCUT2D eigenvalue weighted by Gasteiger charge is 2.33. The lowest BCUT2D eigenvalue weighted by molar-refractivity contribution is -0.741. The van der Waals surface area contributed by atoms with Crippen molar-refractivity contribution in [1.29, 1.82) is 5.26 Å². The molecule has 134 valence electrons. The van der Waals surface area contributed by atoms with E-state index in [4.69, 9.17) is 11.5 Å². The molecule has 0 aliphatic heterocycles. The van der Waals surface area contributed by atoms with E-state index in [1.165, 1.54) is 23.1 Å². The molecule has 0 saturated carbocycles. The van der Waals surface area contributed by atoms with Crippen molar-refractivity contribution in [3.8, 4) is 16.5 Å². The first-order valence-corrected chi connectivity index (χ1v) is 9.21. The molecule has 0 aromatic carbocycles. The molecule has 0 atom stereocenters. The van der Waals surface area contributed by atoms with Gasteiger partial charge in [0.05, 0.1) is 5.69 Å². The van der Waals surface area contributed by atoms with Gasteiger partial charge in [-0.25, -0.2) is 9.78 Å².